The minimum absolute atomic E-state index is 0.0937. The van der Waals surface area contributed by atoms with Crippen molar-refractivity contribution in [3.05, 3.63) is 69.1 Å². The number of rotatable bonds is 8. The monoisotopic (exact) mass is 702 g/mol. The van der Waals surface area contributed by atoms with Crippen molar-refractivity contribution in [2.75, 3.05) is 58.1 Å². The van der Waals surface area contributed by atoms with E-state index in [0.29, 0.717) is 64.0 Å². The van der Waals surface area contributed by atoms with Gasteiger partial charge in [0.25, 0.3) is 0 Å². The highest BCUT2D eigenvalue weighted by Crippen LogP contribution is 2.38. The number of hydrogen-bond donors (Lipinski definition) is 3. The van der Waals surface area contributed by atoms with Crippen LogP contribution in [0.15, 0.2) is 47.3 Å². The Morgan fingerprint density at radius 1 is 0.939 bits per heavy atom. The van der Waals surface area contributed by atoms with Crippen LogP contribution in [0.3, 0.4) is 0 Å². The number of likely N-dealkylation sites (tertiary alicyclic amines) is 1. The highest BCUT2D eigenvalue weighted by Gasteiger charge is 2.37. The Bertz CT molecular complexity index is 1680. The third-order valence-electron chi connectivity index (χ3n) is 10.0. The predicted molar refractivity (Wildman–Crippen MR) is 180 cm³/mol. The third-order valence-corrected chi connectivity index (χ3v) is 10.4. The molecule has 4 heterocycles. The summed E-state index contributed by atoms with van der Waals surface area (Å²) in [5.74, 6) is -0.939. The van der Waals surface area contributed by atoms with E-state index in [0.717, 1.165) is 37.6 Å². The zero-order chi connectivity index (χ0) is 34.7. The molecule has 2 aromatic carbocycles. The molecule has 49 heavy (non-hydrogen) atoms. The van der Waals surface area contributed by atoms with E-state index in [-0.39, 0.29) is 47.0 Å². The fourth-order valence-electron chi connectivity index (χ4n) is 7.30. The number of piperidine rings is 2. The van der Waals surface area contributed by atoms with Gasteiger partial charge in [0, 0.05) is 57.3 Å². The number of nitrogens with two attached hydrogens (primary N) is 1. The molecule has 0 aliphatic carbocycles. The molecule has 0 spiro atoms. The molecule has 11 nitrogen and oxygen atoms in total. The summed E-state index contributed by atoms with van der Waals surface area (Å²) in [7, 11) is 0. The number of benzene rings is 2. The molecule has 3 aliphatic heterocycles. The SMILES string of the molecule is Nc1c(Cl)cc(C[C@@H](CC(=O)N2CCC(n3nc(-c4ccccc4)[nH]c3=O)CC2)C(=O)N2CCN(C3CCNCC3)CC2)cc1C(F)(F)F. The molecule has 3 aromatic rings. The van der Waals surface area contributed by atoms with Gasteiger partial charge in [0.15, 0.2) is 5.82 Å². The van der Waals surface area contributed by atoms with Crippen molar-refractivity contribution in [2.45, 2.75) is 56.8 Å². The first-order valence-electron chi connectivity index (χ1n) is 16.9. The lowest BCUT2D eigenvalue weighted by Crippen LogP contribution is -2.55. The average Bonchev–Trinajstić information content (AvgIpc) is 3.51. The maximum Gasteiger partial charge on any atom is 0.418 e. The maximum absolute atomic E-state index is 14.0. The average molecular weight is 703 g/mol. The number of aromatic amines is 1. The van der Waals surface area contributed by atoms with Gasteiger partial charge in [0.1, 0.15) is 0 Å². The van der Waals surface area contributed by atoms with Crippen LogP contribution in [0.5, 0.6) is 0 Å². The maximum atomic E-state index is 14.0. The van der Waals surface area contributed by atoms with Crippen molar-refractivity contribution in [2.24, 2.45) is 5.92 Å². The Morgan fingerprint density at radius 3 is 2.27 bits per heavy atom. The van der Waals surface area contributed by atoms with E-state index in [2.05, 4.69) is 20.3 Å². The van der Waals surface area contributed by atoms with Gasteiger partial charge in [0.05, 0.1) is 28.2 Å². The summed E-state index contributed by atoms with van der Waals surface area (Å²) in [6, 6.07) is 11.8. The lowest BCUT2D eigenvalue weighted by molar-refractivity contribution is -0.143. The quantitative estimate of drug-likeness (QED) is 0.305. The summed E-state index contributed by atoms with van der Waals surface area (Å²) in [5.41, 5.74) is 4.70. The molecule has 15 heteroatoms. The molecule has 0 bridgehead atoms. The number of hydrogen-bond acceptors (Lipinski definition) is 7. The molecular weight excluding hydrogens is 661 g/mol. The summed E-state index contributed by atoms with van der Waals surface area (Å²) in [6.45, 7) is 5.00. The largest absolute Gasteiger partial charge is 0.418 e. The number of amides is 2. The van der Waals surface area contributed by atoms with Gasteiger partial charge in [-0.3, -0.25) is 19.5 Å². The molecule has 1 aromatic heterocycles. The minimum Gasteiger partial charge on any atom is -0.397 e. The smallest absolute Gasteiger partial charge is 0.397 e. The fourth-order valence-corrected chi connectivity index (χ4v) is 7.55. The molecule has 0 saturated carbocycles. The normalized spacial score (nSPS) is 19.3. The van der Waals surface area contributed by atoms with E-state index >= 15 is 0 Å². The predicted octanol–water partition coefficient (Wildman–Crippen LogP) is 3.80. The Morgan fingerprint density at radius 2 is 1.61 bits per heavy atom. The molecule has 3 aliphatic rings. The molecular formula is C34H42ClF3N8O3. The second kappa shape index (κ2) is 14.9. The molecule has 4 N–H and O–H groups in total. The number of nitrogens with zero attached hydrogens (tertiary/aromatic N) is 5. The number of anilines is 1. The molecule has 0 unspecified atom stereocenters. The van der Waals surface area contributed by atoms with Crippen molar-refractivity contribution in [3.8, 4) is 11.4 Å². The molecule has 3 fully saturated rings. The van der Waals surface area contributed by atoms with Gasteiger partial charge < -0.3 is 20.9 Å². The number of carbonyl (C=O) groups is 2. The summed E-state index contributed by atoms with van der Waals surface area (Å²) in [5, 5.41) is 7.63. The van der Waals surface area contributed by atoms with E-state index < -0.39 is 23.3 Å². The molecule has 2 amide bonds. The third kappa shape index (κ3) is 8.13. The Kier molecular flexibility index (Phi) is 10.7. The first kappa shape index (κ1) is 35.0. The number of piperazine rings is 1. The standard InChI is InChI=1S/C34H42ClF3N8O3/c35-28-20-22(19-27(30(28)39)34(36,37)38)18-24(32(48)45-16-14-43(15-17-45)25-6-10-40-11-7-25)21-29(47)44-12-8-26(9-13-44)46-33(49)41-31(42-46)23-4-2-1-3-5-23/h1-5,19-20,24-26,40H,6-18,21,39H2,(H,41,42,49)/t24-/m0/s1. The number of nitrogen functional groups attached to an aromatic ring is 1. The van der Waals surface area contributed by atoms with Crippen LogP contribution in [0, 0.1) is 5.92 Å². The Hall–Kier alpha value is -3.88. The van der Waals surface area contributed by atoms with Gasteiger partial charge in [-0.15, -0.1) is 5.10 Å². The van der Waals surface area contributed by atoms with Crippen molar-refractivity contribution in [1.82, 2.24) is 34.8 Å². The van der Waals surface area contributed by atoms with Crippen LogP contribution in [0.2, 0.25) is 5.02 Å². The first-order valence-corrected chi connectivity index (χ1v) is 17.3. The fraction of sp³-hybridized carbons (Fsp3) is 0.529. The molecule has 264 valence electrons. The van der Waals surface area contributed by atoms with Gasteiger partial charge in [-0.05, 0) is 62.9 Å². The van der Waals surface area contributed by atoms with E-state index in [9.17, 15) is 27.6 Å². The van der Waals surface area contributed by atoms with Crippen LogP contribution in [0.1, 0.15) is 49.3 Å². The first-order chi connectivity index (χ1) is 23.5. The van der Waals surface area contributed by atoms with Crippen LogP contribution in [0.4, 0.5) is 18.9 Å². The molecule has 1 atom stereocenters. The molecule has 3 saturated heterocycles. The van der Waals surface area contributed by atoms with Crippen LogP contribution >= 0.6 is 11.6 Å². The summed E-state index contributed by atoms with van der Waals surface area (Å²) in [4.78, 5) is 49.1. The van der Waals surface area contributed by atoms with Crippen LogP contribution in [0.25, 0.3) is 11.4 Å². The van der Waals surface area contributed by atoms with Crippen molar-refractivity contribution in [3.63, 3.8) is 0 Å². The van der Waals surface area contributed by atoms with Crippen molar-refractivity contribution < 1.29 is 22.8 Å². The number of H-pyrrole nitrogens is 1. The Labute approximate surface area is 287 Å². The molecule has 6 rings (SSSR count). The van der Waals surface area contributed by atoms with Gasteiger partial charge in [-0.2, -0.15) is 13.2 Å². The summed E-state index contributed by atoms with van der Waals surface area (Å²) >= 11 is 6.13. The van der Waals surface area contributed by atoms with Crippen molar-refractivity contribution in [1.29, 1.82) is 0 Å². The van der Waals surface area contributed by atoms with E-state index in [1.807, 2.05) is 30.3 Å². The van der Waals surface area contributed by atoms with Gasteiger partial charge in [-0.25, -0.2) is 9.48 Å². The topological polar surface area (TPSA) is 133 Å². The molecule has 0 radical (unpaired) electrons. The van der Waals surface area contributed by atoms with Gasteiger partial charge >= 0.3 is 11.9 Å². The lowest BCUT2D eigenvalue weighted by Gasteiger charge is -2.41. The number of carbonyl (C=O) groups excluding carboxylic acids is 2. The summed E-state index contributed by atoms with van der Waals surface area (Å²) in [6.07, 6.45) is -1.92. The number of nitrogens with one attached hydrogen (secondary N) is 2. The van der Waals surface area contributed by atoms with Gasteiger partial charge in [0.2, 0.25) is 11.8 Å². The second-order valence-electron chi connectivity index (χ2n) is 13.2. The van der Waals surface area contributed by atoms with Gasteiger partial charge in [-0.1, -0.05) is 41.9 Å². The lowest BCUT2D eigenvalue weighted by atomic mass is 9.92. The minimum atomic E-state index is -4.73. The Balaban J connectivity index is 1.14. The van der Waals surface area contributed by atoms with E-state index in [1.165, 1.54) is 10.7 Å². The van der Waals surface area contributed by atoms with Crippen LogP contribution in [-0.2, 0) is 22.2 Å². The highest BCUT2D eigenvalue weighted by atomic mass is 35.5. The number of alkyl halides is 3. The van der Waals surface area contributed by atoms with Crippen LogP contribution in [-0.4, -0.2) is 99.7 Å². The second-order valence-corrected chi connectivity index (χ2v) is 13.6. The zero-order valence-electron chi connectivity index (χ0n) is 27.2. The van der Waals surface area contributed by atoms with E-state index in [4.69, 9.17) is 17.3 Å². The number of aromatic nitrogens is 3. The summed E-state index contributed by atoms with van der Waals surface area (Å²) < 4.78 is 42.8. The zero-order valence-corrected chi connectivity index (χ0v) is 28.0. The van der Waals surface area contributed by atoms with Crippen molar-refractivity contribution >= 4 is 29.1 Å². The highest BCUT2D eigenvalue weighted by molar-refractivity contribution is 6.33. The number of halogens is 4. The van der Waals surface area contributed by atoms with Crippen LogP contribution < -0.4 is 16.7 Å². The van der Waals surface area contributed by atoms with E-state index in [1.54, 1.807) is 9.80 Å².